The smallest absolute Gasteiger partial charge is 0.254 e. The number of benzene rings is 1. The van der Waals surface area contributed by atoms with Crippen molar-refractivity contribution in [3.63, 3.8) is 0 Å². The average Bonchev–Trinajstić information content (AvgIpc) is 3.05. The number of rotatable bonds is 2. The van der Waals surface area contributed by atoms with Crippen LogP contribution in [0.4, 0.5) is 0 Å². The molecule has 0 bridgehead atoms. The molecule has 0 atom stereocenters. The number of hydrogen-bond donors (Lipinski definition) is 0. The zero-order valence-corrected chi connectivity index (χ0v) is 14.4. The van der Waals surface area contributed by atoms with Crippen LogP contribution >= 0.6 is 0 Å². The molecule has 1 aliphatic heterocycles. The molecule has 2 heterocycles. The summed E-state index contributed by atoms with van der Waals surface area (Å²) in [7, 11) is 2.10. The van der Waals surface area contributed by atoms with Gasteiger partial charge in [0, 0.05) is 37.8 Å². The van der Waals surface area contributed by atoms with Gasteiger partial charge in [0.25, 0.3) is 5.91 Å². The normalized spacial score (nSPS) is 20.6. The molecule has 5 heteroatoms. The Bertz CT molecular complexity index is 724. The minimum atomic E-state index is 0.136. The number of nitrogens with zero attached hydrogens (tertiary/aromatic N) is 4. The van der Waals surface area contributed by atoms with Crippen LogP contribution in [-0.2, 0) is 0 Å². The fourth-order valence-electron chi connectivity index (χ4n) is 4.01. The first-order valence-corrected chi connectivity index (χ1v) is 9.17. The number of aromatic nitrogens is 2. The van der Waals surface area contributed by atoms with E-state index in [1.54, 1.807) is 0 Å². The molecule has 2 fully saturated rings. The van der Waals surface area contributed by atoms with E-state index in [0.717, 1.165) is 42.8 Å². The van der Waals surface area contributed by atoms with Gasteiger partial charge in [-0.1, -0.05) is 19.3 Å². The van der Waals surface area contributed by atoms with Crippen LogP contribution in [0.25, 0.3) is 11.0 Å². The first-order valence-electron chi connectivity index (χ1n) is 9.17. The molecule has 1 saturated carbocycles. The molecule has 0 spiro atoms. The van der Waals surface area contributed by atoms with Gasteiger partial charge in [-0.25, -0.2) is 4.98 Å². The topological polar surface area (TPSA) is 41.4 Å². The van der Waals surface area contributed by atoms with Gasteiger partial charge in [-0.3, -0.25) is 4.79 Å². The second kappa shape index (κ2) is 6.55. The molecule has 24 heavy (non-hydrogen) atoms. The number of carbonyl (C=O) groups is 1. The van der Waals surface area contributed by atoms with Crippen molar-refractivity contribution in [1.82, 2.24) is 19.4 Å². The Morgan fingerprint density at radius 1 is 1.08 bits per heavy atom. The lowest BCUT2D eigenvalue weighted by molar-refractivity contribution is 0.0664. The van der Waals surface area contributed by atoms with E-state index < -0.39 is 0 Å². The van der Waals surface area contributed by atoms with Gasteiger partial charge in [0.15, 0.2) is 0 Å². The Hall–Kier alpha value is -1.88. The Morgan fingerprint density at radius 3 is 2.58 bits per heavy atom. The van der Waals surface area contributed by atoms with Gasteiger partial charge in [-0.05, 0) is 38.1 Å². The third-order valence-electron chi connectivity index (χ3n) is 5.58. The maximum absolute atomic E-state index is 12.7. The number of imidazole rings is 1. The van der Waals surface area contributed by atoms with Crippen molar-refractivity contribution in [1.29, 1.82) is 0 Å². The van der Waals surface area contributed by atoms with Crippen LogP contribution in [0.1, 0.15) is 48.5 Å². The monoisotopic (exact) mass is 326 g/mol. The van der Waals surface area contributed by atoms with Crippen molar-refractivity contribution in [3.05, 3.63) is 30.1 Å². The molecule has 1 aromatic heterocycles. The van der Waals surface area contributed by atoms with Crippen LogP contribution in [0.15, 0.2) is 24.5 Å². The van der Waals surface area contributed by atoms with Crippen molar-refractivity contribution in [2.75, 3.05) is 33.2 Å². The summed E-state index contributed by atoms with van der Waals surface area (Å²) in [5.74, 6) is 0.136. The van der Waals surface area contributed by atoms with Crippen LogP contribution < -0.4 is 0 Å². The predicted molar refractivity (Wildman–Crippen MR) is 95.3 cm³/mol. The van der Waals surface area contributed by atoms with Gasteiger partial charge >= 0.3 is 0 Å². The van der Waals surface area contributed by atoms with E-state index in [1.165, 1.54) is 32.1 Å². The van der Waals surface area contributed by atoms with E-state index in [2.05, 4.69) is 27.6 Å². The quantitative estimate of drug-likeness (QED) is 0.852. The summed E-state index contributed by atoms with van der Waals surface area (Å²) in [5.41, 5.74) is 2.87. The minimum absolute atomic E-state index is 0.136. The van der Waals surface area contributed by atoms with Crippen molar-refractivity contribution < 1.29 is 4.79 Å². The van der Waals surface area contributed by atoms with E-state index in [-0.39, 0.29) is 5.91 Å². The van der Waals surface area contributed by atoms with E-state index in [0.29, 0.717) is 6.04 Å². The second-order valence-electron chi connectivity index (χ2n) is 7.24. The van der Waals surface area contributed by atoms with Crippen molar-refractivity contribution in [2.24, 2.45) is 0 Å². The third kappa shape index (κ3) is 2.93. The maximum Gasteiger partial charge on any atom is 0.254 e. The zero-order valence-electron chi connectivity index (χ0n) is 14.4. The summed E-state index contributed by atoms with van der Waals surface area (Å²) >= 11 is 0. The summed E-state index contributed by atoms with van der Waals surface area (Å²) in [6.07, 6.45) is 8.42. The molecule has 4 rings (SSSR count). The Labute approximate surface area is 143 Å². The zero-order chi connectivity index (χ0) is 16.5. The highest BCUT2D eigenvalue weighted by molar-refractivity contribution is 5.97. The molecule has 1 saturated heterocycles. The van der Waals surface area contributed by atoms with Crippen LogP contribution in [0, 0.1) is 0 Å². The van der Waals surface area contributed by atoms with Crippen LogP contribution in [0.5, 0.6) is 0 Å². The van der Waals surface area contributed by atoms with Crippen molar-refractivity contribution in [3.8, 4) is 0 Å². The van der Waals surface area contributed by atoms with Crippen LogP contribution in [0.3, 0.4) is 0 Å². The lowest BCUT2D eigenvalue weighted by Gasteiger charge is -2.32. The lowest BCUT2D eigenvalue weighted by atomic mass is 9.95. The molecule has 1 aliphatic carbocycles. The third-order valence-corrected chi connectivity index (χ3v) is 5.58. The Morgan fingerprint density at radius 2 is 1.83 bits per heavy atom. The number of likely N-dealkylation sites (N-methyl/N-ethyl adjacent to an activating group) is 1. The van der Waals surface area contributed by atoms with E-state index in [9.17, 15) is 4.79 Å². The van der Waals surface area contributed by atoms with Gasteiger partial charge in [-0.2, -0.15) is 0 Å². The average molecular weight is 326 g/mol. The Balaban J connectivity index is 1.56. The van der Waals surface area contributed by atoms with E-state index in [4.69, 9.17) is 0 Å². The fraction of sp³-hybridized carbons (Fsp3) is 0.579. The number of piperazine rings is 1. The summed E-state index contributed by atoms with van der Waals surface area (Å²) in [5, 5.41) is 0. The standard InChI is InChI=1S/C19H26N4O/c1-21-9-11-22(12-10-21)19(24)15-7-8-18-17(13-15)20-14-23(18)16-5-3-2-4-6-16/h7-8,13-14,16H,2-6,9-12H2,1H3. The van der Waals surface area contributed by atoms with Gasteiger partial charge in [-0.15, -0.1) is 0 Å². The molecule has 2 aliphatic rings. The SMILES string of the molecule is CN1CCN(C(=O)c2ccc3c(c2)ncn3C2CCCCC2)CC1. The minimum Gasteiger partial charge on any atom is -0.336 e. The van der Waals surface area contributed by atoms with Gasteiger partial charge in [0.05, 0.1) is 17.4 Å². The number of fused-ring (bicyclic) bond motifs is 1. The molecule has 1 aromatic carbocycles. The molecule has 5 nitrogen and oxygen atoms in total. The summed E-state index contributed by atoms with van der Waals surface area (Å²) in [6, 6.07) is 6.60. The van der Waals surface area contributed by atoms with Gasteiger partial charge in [0.1, 0.15) is 0 Å². The van der Waals surface area contributed by atoms with Gasteiger partial charge in [0.2, 0.25) is 0 Å². The summed E-state index contributed by atoms with van der Waals surface area (Å²) in [4.78, 5) is 21.5. The van der Waals surface area contributed by atoms with Crippen molar-refractivity contribution in [2.45, 2.75) is 38.1 Å². The molecule has 2 aromatic rings. The highest BCUT2D eigenvalue weighted by Gasteiger charge is 2.22. The highest BCUT2D eigenvalue weighted by Crippen LogP contribution is 2.31. The van der Waals surface area contributed by atoms with Crippen LogP contribution in [0.2, 0.25) is 0 Å². The number of hydrogen-bond acceptors (Lipinski definition) is 3. The van der Waals surface area contributed by atoms with E-state index >= 15 is 0 Å². The number of amides is 1. The number of carbonyl (C=O) groups excluding carboxylic acids is 1. The first kappa shape index (κ1) is 15.6. The predicted octanol–water partition coefficient (Wildman–Crippen LogP) is 2.93. The largest absolute Gasteiger partial charge is 0.336 e. The maximum atomic E-state index is 12.7. The molecule has 0 unspecified atom stereocenters. The highest BCUT2D eigenvalue weighted by atomic mass is 16.2. The van der Waals surface area contributed by atoms with E-state index in [1.807, 2.05) is 23.4 Å². The molecule has 128 valence electrons. The first-order chi connectivity index (χ1) is 11.7. The molecular formula is C19H26N4O. The summed E-state index contributed by atoms with van der Waals surface area (Å²) < 4.78 is 2.32. The van der Waals surface area contributed by atoms with Crippen molar-refractivity contribution >= 4 is 16.9 Å². The van der Waals surface area contributed by atoms with Gasteiger partial charge < -0.3 is 14.4 Å². The molecule has 0 radical (unpaired) electrons. The lowest BCUT2D eigenvalue weighted by Crippen LogP contribution is -2.47. The molecular weight excluding hydrogens is 300 g/mol. The molecule has 1 amide bonds. The Kier molecular flexibility index (Phi) is 4.27. The fourth-order valence-corrected chi connectivity index (χ4v) is 4.01. The summed E-state index contributed by atoms with van der Waals surface area (Å²) in [6.45, 7) is 3.52. The second-order valence-corrected chi connectivity index (χ2v) is 7.24. The molecule has 0 N–H and O–H groups in total. The van der Waals surface area contributed by atoms with Crippen LogP contribution in [-0.4, -0.2) is 58.5 Å².